The van der Waals surface area contributed by atoms with Crippen LogP contribution in [-0.2, 0) is 4.74 Å². The van der Waals surface area contributed by atoms with Crippen molar-refractivity contribution in [1.29, 1.82) is 0 Å². The zero-order valence-corrected chi connectivity index (χ0v) is 18.4. The normalized spacial score (nSPS) is 24.6. The highest BCUT2D eigenvalue weighted by molar-refractivity contribution is 5.84. The van der Waals surface area contributed by atoms with Crippen LogP contribution in [0.4, 0.5) is 20.3 Å². The second kappa shape index (κ2) is 8.06. The highest BCUT2D eigenvalue weighted by atomic mass is 19.1. The van der Waals surface area contributed by atoms with Crippen molar-refractivity contribution in [3.63, 3.8) is 0 Å². The lowest BCUT2D eigenvalue weighted by Gasteiger charge is -2.31. The molecule has 0 radical (unpaired) electrons. The molecule has 172 valence electrons. The van der Waals surface area contributed by atoms with Crippen molar-refractivity contribution in [2.75, 3.05) is 23.8 Å². The fourth-order valence-corrected chi connectivity index (χ4v) is 4.67. The molecule has 2 unspecified atom stereocenters. The fourth-order valence-electron chi connectivity index (χ4n) is 4.67. The van der Waals surface area contributed by atoms with E-state index in [9.17, 15) is 8.78 Å². The SMILES string of the molecule is CC1CNc2c(nc(C3CCO[C@@H](c4cnn(C5CC5)c4)C3)nc2-c2ccc(F)cc2F)N1. The summed E-state index contributed by atoms with van der Waals surface area (Å²) < 4.78 is 36.4. The van der Waals surface area contributed by atoms with Crippen LogP contribution in [0.1, 0.15) is 62.1 Å². The predicted octanol–water partition coefficient (Wildman–Crippen LogP) is 4.81. The van der Waals surface area contributed by atoms with Gasteiger partial charge in [0.05, 0.1) is 18.3 Å². The monoisotopic (exact) mass is 452 g/mol. The first kappa shape index (κ1) is 20.5. The van der Waals surface area contributed by atoms with E-state index in [0.29, 0.717) is 42.2 Å². The Balaban J connectivity index is 1.35. The minimum absolute atomic E-state index is 0.0552. The molecule has 1 saturated heterocycles. The standard InChI is InChI=1S/C24H26F2N6O/c1-13-10-27-22-21(18-5-2-16(25)9-19(18)26)30-23(31-24(22)29-13)14-6-7-33-20(8-14)15-11-28-32(12-15)17-3-4-17/h2,5,9,11-14,17,20,27H,3-4,6-8,10H2,1H3,(H,29,30,31)/t13?,14?,20-/m1/s1. The molecule has 3 atom stereocenters. The van der Waals surface area contributed by atoms with E-state index in [1.807, 2.05) is 10.9 Å². The molecule has 0 amide bonds. The predicted molar refractivity (Wildman–Crippen MR) is 120 cm³/mol. The number of hydrogen-bond acceptors (Lipinski definition) is 6. The molecule has 4 heterocycles. The first-order chi connectivity index (χ1) is 16.0. The summed E-state index contributed by atoms with van der Waals surface area (Å²) in [6, 6.07) is 4.28. The van der Waals surface area contributed by atoms with Gasteiger partial charge < -0.3 is 15.4 Å². The molecular weight excluding hydrogens is 426 g/mol. The Bertz CT molecular complexity index is 1190. The Morgan fingerprint density at radius 1 is 1.15 bits per heavy atom. The maximum absolute atomic E-state index is 14.7. The zero-order chi connectivity index (χ0) is 22.5. The quantitative estimate of drug-likeness (QED) is 0.591. The Hall–Kier alpha value is -3.07. The van der Waals surface area contributed by atoms with Gasteiger partial charge in [0, 0.05) is 48.5 Å². The van der Waals surface area contributed by atoms with Crippen molar-refractivity contribution in [1.82, 2.24) is 19.7 Å². The van der Waals surface area contributed by atoms with Crippen LogP contribution >= 0.6 is 0 Å². The fraction of sp³-hybridized carbons (Fsp3) is 0.458. The lowest BCUT2D eigenvalue weighted by Crippen LogP contribution is -2.32. The van der Waals surface area contributed by atoms with Crippen LogP contribution < -0.4 is 10.6 Å². The Morgan fingerprint density at radius 3 is 2.85 bits per heavy atom. The van der Waals surface area contributed by atoms with Crippen LogP contribution in [0.5, 0.6) is 0 Å². The number of benzene rings is 1. The molecule has 1 saturated carbocycles. The van der Waals surface area contributed by atoms with Gasteiger partial charge in [0.2, 0.25) is 0 Å². The number of nitrogens with one attached hydrogen (secondary N) is 2. The summed E-state index contributed by atoms with van der Waals surface area (Å²) >= 11 is 0. The van der Waals surface area contributed by atoms with Gasteiger partial charge in [0.15, 0.2) is 5.82 Å². The van der Waals surface area contributed by atoms with Crippen molar-refractivity contribution >= 4 is 11.5 Å². The lowest BCUT2D eigenvalue weighted by molar-refractivity contribution is 0.00394. The van der Waals surface area contributed by atoms with Crippen LogP contribution in [0, 0.1) is 11.6 Å². The Morgan fingerprint density at radius 2 is 2.03 bits per heavy atom. The molecule has 2 aliphatic heterocycles. The van der Waals surface area contributed by atoms with E-state index in [2.05, 4.69) is 28.9 Å². The molecule has 9 heteroatoms. The summed E-state index contributed by atoms with van der Waals surface area (Å²) in [7, 11) is 0. The van der Waals surface area contributed by atoms with Gasteiger partial charge in [-0.05, 0) is 44.7 Å². The summed E-state index contributed by atoms with van der Waals surface area (Å²) in [5.74, 6) is 0.109. The van der Waals surface area contributed by atoms with Gasteiger partial charge in [0.25, 0.3) is 0 Å². The molecular formula is C24H26F2N6O. The molecule has 1 aromatic carbocycles. The topological polar surface area (TPSA) is 76.9 Å². The second-order valence-electron chi connectivity index (χ2n) is 9.27. The molecule has 2 N–H and O–H groups in total. The minimum atomic E-state index is -0.639. The molecule has 7 nitrogen and oxygen atoms in total. The lowest BCUT2D eigenvalue weighted by atomic mass is 9.92. The van der Waals surface area contributed by atoms with E-state index >= 15 is 0 Å². The van der Waals surface area contributed by atoms with Gasteiger partial charge in [0.1, 0.15) is 28.8 Å². The first-order valence-corrected chi connectivity index (χ1v) is 11.6. The molecule has 2 aromatic heterocycles. The van der Waals surface area contributed by atoms with Crippen molar-refractivity contribution in [2.45, 2.75) is 56.7 Å². The molecule has 6 rings (SSSR count). The number of aromatic nitrogens is 4. The zero-order valence-electron chi connectivity index (χ0n) is 18.4. The van der Waals surface area contributed by atoms with E-state index < -0.39 is 11.6 Å². The van der Waals surface area contributed by atoms with Crippen LogP contribution in [0.25, 0.3) is 11.3 Å². The van der Waals surface area contributed by atoms with Crippen molar-refractivity contribution in [3.8, 4) is 11.3 Å². The maximum atomic E-state index is 14.7. The molecule has 33 heavy (non-hydrogen) atoms. The van der Waals surface area contributed by atoms with E-state index in [4.69, 9.17) is 14.7 Å². The highest BCUT2D eigenvalue weighted by Crippen LogP contribution is 2.42. The smallest absolute Gasteiger partial charge is 0.154 e. The highest BCUT2D eigenvalue weighted by Gasteiger charge is 2.32. The van der Waals surface area contributed by atoms with Crippen molar-refractivity contribution < 1.29 is 13.5 Å². The number of anilines is 2. The first-order valence-electron chi connectivity index (χ1n) is 11.6. The van der Waals surface area contributed by atoms with E-state index in [1.165, 1.54) is 25.0 Å². The van der Waals surface area contributed by atoms with Crippen LogP contribution in [-0.4, -0.2) is 38.9 Å². The largest absolute Gasteiger partial charge is 0.378 e. The van der Waals surface area contributed by atoms with Gasteiger partial charge in [-0.25, -0.2) is 18.7 Å². The molecule has 3 aliphatic rings. The Labute approximate surface area is 190 Å². The van der Waals surface area contributed by atoms with Gasteiger partial charge in [-0.2, -0.15) is 5.10 Å². The number of hydrogen-bond donors (Lipinski definition) is 2. The average Bonchev–Trinajstić information content (AvgIpc) is 3.54. The van der Waals surface area contributed by atoms with Crippen molar-refractivity contribution in [3.05, 3.63) is 53.6 Å². The van der Waals surface area contributed by atoms with Gasteiger partial charge in [-0.1, -0.05) is 0 Å². The molecule has 0 bridgehead atoms. The number of nitrogens with zero attached hydrogens (tertiary/aromatic N) is 4. The Kier molecular flexibility index (Phi) is 5.01. The summed E-state index contributed by atoms with van der Waals surface area (Å²) in [6.07, 6.45) is 7.77. The summed E-state index contributed by atoms with van der Waals surface area (Å²) in [5.41, 5.74) is 2.44. The number of ether oxygens (including phenoxy) is 1. The maximum Gasteiger partial charge on any atom is 0.154 e. The third kappa shape index (κ3) is 3.94. The van der Waals surface area contributed by atoms with Gasteiger partial charge >= 0.3 is 0 Å². The number of fused-ring (bicyclic) bond motifs is 1. The summed E-state index contributed by atoms with van der Waals surface area (Å²) in [5, 5.41) is 11.2. The van der Waals surface area contributed by atoms with Crippen molar-refractivity contribution in [2.24, 2.45) is 0 Å². The third-order valence-electron chi connectivity index (χ3n) is 6.64. The summed E-state index contributed by atoms with van der Waals surface area (Å²) in [6.45, 7) is 3.31. The van der Waals surface area contributed by atoms with E-state index in [0.717, 1.165) is 24.5 Å². The molecule has 0 spiro atoms. The molecule has 1 aliphatic carbocycles. The van der Waals surface area contributed by atoms with Crippen LogP contribution in [0.3, 0.4) is 0 Å². The number of halogens is 2. The van der Waals surface area contributed by atoms with E-state index in [-0.39, 0.29) is 23.6 Å². The summed E-state index contributed by atoms with van der Waals surface area (Å²) in [4.78, 5) is 9.65. The second-order valence-corrected chi connectivity index (χ2v) is 9.27. The minimum Gasteiger partial charge on any atom is -0.378 e. The van der Waals surface area contributed by atoms with E-state index in [1.54, 1.807) is 0 Å². The molecule has 2 fully saturated rings. The van der Waals surface area contributed by atoms with Gasteiger partial charge in [-0.3, -0.25) is 4.68 Å². The average molecular weight is 453 g/mol. The number of rotatable bonds is 4. The van der Waals surface area contributed by atoms with Gasteiger partial charge in [-0.15, -0.1) is 0 Å². The van der Waals surface area contributed by atoms with Crippen LogP contribution in [0.2, 0.25) is 0 Å². The third-order valence-corrected chi connectivity index (χ3v) is 6.64. The van der Waals surface area contributed by atoms with Crippen LogP contribution in [0.15, 0.2) is 30.6 Å². The molecule has 3 aromatic rings.